The van der Waals surface area contributed by atoms with Gasteiger partial charge >= 0.3 is 0 Å². The van der Waals surface area contributed by atoms with Gasteiger partial charge in [-0.05, 0) is 30.9 Å². The first-order valence-electron chi connectivity index (χ1n) is 6.40. The molecule has 3 N–H and O–H groups in total. The molecule has 0 bridgehead atoms. The summed E-state index contributed by atoms with van der Waals surface area (Å²) in [5.41, 5.74) is 2.62. The molecule has 2 rings (SSSR count). The van der Waals surface area contributed by atoms with E-state index in [0.717, 1.165) is 0 Å². The summed E-state index contributed by atoms with van der Waals surface area (Å²) in [6.45, 7) is 2.67. The highest BCUT2D eigenvalue weighted by atomic mass is 35.5. The fourth-order valence-electron chi connectivity index (χ4n) is 2.33. The van der Waals surface area contributed by atoms with Gasteiger partial charge < -0.3 is 4.84 Å². The predicted molar refractivity (Wildman–Crippen MR) is 73.6 cm³/mol. The average molecular weight is 302 g/mol. The van der Waals surface area contributed by atoms with Crippen LogP contribution in [0.1, 0.15) is 31.2 Å². The van der Waals surface area contributed by atoms with Crippen molar-refractivity contribution >= 4 is 17.5 Å². The Morgan fingerprint density at radius 2 is 2.15 bits per heavy atom. The molecule has 1 aromatic carbocycles. The largest absolute Gasteiger partial charge is 0.379 e. The molecule has 1 amide bonds. The van der Waals surface area contributed by atoms with Gasteiger partial charge in [0.15, 0.2) is 5.75 Å². The van der Waals surface area contributed by atoms with Crippen LogP contribution in [0.3, 0.4) is 0 Å². The first-order valence-corrected chi connectivity index (χ1v) is 6.77. The molecule has 0 aliphatic carbocycles. The van der Waals surface area contributed by atoms with E-state index in [-0.39, 0.29) is 22.6 Å². The van der Waals surface area contributed by atoms with Crippen LogP contribution in [-0.2, 0) is 4.79 Å². The number of nitrogens with two attached hydrogens (primary N) is 1. The molecule has 1 aliphatic rings. The van der Waals surface area contributed by atoms with E-state index in [2.05, 4.69) is 5.48 Å². The molecule has 110 valence electrons. The van der Waals surface area contributed by atoms with Gasteiger partial charge in [0.05, 0.1) is 5.02 Å². The molecule has 0 aromatic heterocycles. The second kappa shape index (κ2) is 6.39. The van der Waals surface area contributed by atoms with Crippen molar-refractivity contribution in [1.82, 2.24) is 10.5 Å². The van der Waals surface area contributed by atoms with Crippen LogP contribution in [0, 0.1) is 5.82 Å². The number of hydrazine groups is 1. The highest BCUT2D eigenvalue weighted by Gasteiger charge is 2.26. The van der Waals surface area contributed by atoms with E-state index in [4.69, 9.17) is 22.3 Å². The number of hydroxylamine groups is 1. The minimum atomic E-state index is -0.495. The maximum Gasteiger partial charge on any atom is 0.249 e. The van der Waals surface area contributed by atoms with Crippen LogP contribution in [0.4, 0.5) is 4.39 Å². The number of benzene rings is 1. The Labute approximate surface area is 121 Å². The van der Waals surface area contributed by atoms with Crippen LogP contribution in [0.15, 0.2) is 12.1 Å². The van der Waals surface area contributed by atoms with E-state index in [0.29, 0.717) is 31.5 Å². The molecule has 0 unspecified atom stereocenters. The molecule has 5 nitrogen and oxygen atoms in total. The third-order valence-corrected chi connectivity index (χ3v) is 3.63. The Balaban J connectivity index is 2.28. The number of piperidine rings is 1. The molecule has 0 atom stereocenters. The molecule has 1 aliphatic heterocycles. The number of hydrogen-bond donors (Lipinski definition) is 2. The van der Waals surface area contributed by atoms with Gasteiger partial charge in [0.1, 0.15) is 5.82 Å². The van der Waals surface area contributed by atoms with Gasteiger partial charge in [0, 0.05) is 25.6 Å². The monoisotopic (exact) mass is 301 g/mol. The molecular weight excluding hydrogens is 285 g/mol. The summed E-state index contributed by atoms with van der Waals surface area (Å²) < 4.78 is 14.3. The first-order chi connectivity index (χ1) is 9.49. The van der Waals surface area contributed by atoms with E-state index in [9.17, 15) is 9.18 Å². The third-order valence-electron chi connectivity index (χ3n) is 3.34. The zero-order valence-corrected chi connectivity index (χ0v) is 11.9. The summed E-state index contributed by atoms with van der Waals surface area (Å²) in [5.74, 6) is 5.11. The van der Waals surface area contributed by atoms with Gasteiger partial charge in [-0.3, -0.25) is 10.6 Å². The Kier molecular flexibility index (Phi) is 4.80. The van der Waals surface area contributed by atoms with Crippen LogP contribution < -0.4 is 16.2 Å². The number of nitrogens with one attached hydrogen (secondary N) is 1. The van der Waals surface area contributed by atoms with Gasteiger partial charge in [-0.25, -0.2) is 9.40 Å². The molecule has 0 radical (unpaired) electrons. The highest BCUT2D eigenvalue weighted by Crippen LogP contribution is 2.38. The molecule has 1 heterocycles. The zero-order valence-electron chi connectivity index (χ0n) is 11.2. The summed E-state index contributed by atoms with van der Waals surface area (Å²) in [6, 6.07) is 2.97. The van der Waals surface area contributed by atoms with Gasteiger partial charge in [-0.2, -0.15) is 5.48 Å². The molecule has 0 saturated carbocycles. The van der Waals surface area contributed by atoms with Gasteiger partial charge in [-0.15, -0.1) is 0 Å². The fraction of sp³-hybridized carbons (Fsp3) is 0.462. The summed E-state index contributed by atoms with van der Waals surface area (Å²) in [7, 11) is 0. The van der Waals surface area contributed by atoms with Crippen LogP contribution in [0.5, 0.6) is 5.75 Å². The lowest BCUT2D eigenvalue weighted by Crippen LogP contribution is -2.38. The van der Waals surface area contributed by atoms with Gasteiger partial charge in [-0.1, -0.05) is 11.6 Å². The Morgan fingerprint density at radius 1 is 1.50 bits per heavy atom. The summed E-state index contributed by atoms with van der Waals surface area (Å²) in [4.78, 5) is 16.1. The van der Waals surface area contributed by atoms with E-state index in [1.165, 1.54) is 13.0 Å². The lowest BCUT2D eigenvalue weighted by Gasteiger charge is -2.29. The lowest BCUT2D eigenvalue weighted by molar-refractivity contribution is -0.125. The van der Waals surface area contributed by atoms with Crippen molar-refractivity contribution in [3.63, 3.8) is 0 Å². The molecule has 20 heavy (non-hydrogen) atoms. The van der Waals surface area contributed by atoms with E-state index in [1.807, 2.05) is 0 Å². The molecular formula is C13H17ClFN3O2. The number of halogens is 2. The van der Waals surface area contributed by atoms with Crippen molar-refractivity contribution in [2.45, 2.75) is 25.7 Å². The quantitative estimate of drug-likeness (QED) is 0.661. The molecule has 0 spiro atoms. The SMILES string of the molecule is CC(=O)NOc1ccc(Cl)c(F)c1C1CCN(N)CC1. The zero-order chi connectivity index (χ0) is 14.7. The number of hydrogen-bond acceptors (Lipinski definition) is 4. The molecule has 1 saturated heterocycles. The minimum absolute atomic E-state index is 0.0303. The predicted octanol–water partition coefficient (Wildman–Crippen LogP) is 1.96. The molecule has 1 fully saturated rings. The van der Waals surface area contributed by atoms with Crippen molar-refractivity contribution in [3.8, 4) is 5.75 Å². The second-order valence-electron chi connectivity index (χ2n) is 4.84. The second-order valence-corrected chi connectivity index (χ2v) is 5.25. The summed E-state index contributed by atoms with van der Waals surface area (Å²) in [5, 5.41) is 1.75. The van der Waals surface area contributed by atoms with Crippen molar-refractivity contribution in [1.29, 1.82) is 0 Å². The first kappa shape index (κ1) is 15.0. The Morgan fingerprint density at radius 3 is 2.75 bits per heavy atom. The lowest BCUT2D eigenvalue weighted by atomic mass is 9.89. The normalized spacial score (nSPS) is 17.0. The molecule has 1 aromatic rings. The number of amides is 1. The Hall–Kier alpha value is -1.37. The maximum absolute atomic E-state index is 14.3. The van der Waals surface area contributed by atoms with Gasteiger partial charge in [0.2, 0.25) is 5.91 Å². The smallest absolute Gasteiger partial charge is 0.249 e. The third kappa shape index (κ3) is 3.39. The number of rotatable bonds is 3. The average Bonchev–Trinajstić information content (AvgIpc) is 2.41. The number of carbonyl (C=O) groups is 1. The summed E-state index contributed by atoms with van der Waals surface area (Å²) >= 11 is 5.84. The number of carbonyl (C=O) groups excluding carboxylic acids is 1. The fourth-order valence-corrected chi connectivity index (χ4v) is 2.50. The van der Waals surface area contributed by atoms with Crippen LogP contribution >= 0.6 is 11.6 Å². The van der Waals surface area contributed by atoms with Crippen LogP contribution in [0.2, 0.25) is 5.02 Å². The van der Waals surface area contributed by atoms with E-state index < -0.39 is 5.82 Å². The summed E-state index contributed by atoms with van der Waals surface area (Å²) in [6.07, 6.45) is 1.42. The van der Waals surface area contributed by atoms with Crippen molar-refractivity contribution < 1.29 is 14.0 Å². The van der Waals surface area contributed by atoms with E-state index >= 15 is 0 Å². The topological polar surface area (TPSA) is 67.6 Å². The van der Waals surface area contributed by atoms with Crippen molar-refractivity contribution in [3.05, 3.63) is 28.5 Å². The van der Waals surface area contributed by atoms with Crippen molar-refractivity contribution in [2.24, 2.45) is 5.84 Å². The van der Waals surface area contributed by atoms with Crippen LogP contribution in [-0.4, -0.2) is 24.0 Å². The minimum Gasteiger partial charge on any atom is -0.379 e. The maximum atomic E-state index is 14.3. The van der Waals surface area contributed by atoms with E-state index in [1.54, 1.807) is 11.1 Å². The van der Waals surface area contributed by atoms with Crippen LogP contribution in [0.25, 0.3) is 0 Å². The standard InChI is InChI=1S/C13H17ClFN3O2/c1-8(19)17-20-11-3-2-10(14)13(15)12(11)9-4-6-18(16)7-5-9/h2-3,9H,4-7,16H2,1H3,(H,17,19). The Bertz CT molecular complexity index is 505. The van der Waals surface area contributed by atoms with Crippen molar-refractivity contribution in [2.75, 3.05) is 13.1 Å². The number of nitrogens with zero attached hydrogens (tertiary/aromatic N) is 1. The van der Waals surface area contributed by atoms with Gasteiger partial charge in [0.25, 0.3) is 0 Å². The highest BCUT2D eigenvalue weighted by molar-refractivity contribution is 6.30. The molecule has 7 heteroatoms.